The Morgan fingerprint density at radius 3 is 2.43 bits per heavy atom. The van der Waals surface area contributed by atoms with Crippen molar-refractivity contribution in [2.75, 3.05) is 11.5 Å². The van der Waals surface area contributed by atoms with Crippen molar-refractivity contribution in [1.82, 2.24) is 4.98 Å². The van der Waals surface area contributed by atoms with Gasteiger partial charge in [-0.2, -0.15) is 0 Å². The summed E-state index contributed by atoms with van der Waals surface area (Å²) in [5.41, 5.74) is 3.33. The van der Waals surface area contributed by atoms with Gasteiger partial charge in [-0.15, -0.1) is 11.3 Å². The standard InChI is InChI=1S/C20H22N2O5S/c1-5-26-18(24)8-9-19(25)27-11-16-12-28-20(21-16)22(15(4)23)17-7-6-13(2)10-14(17)3/h6-10,12H,5,11H2,1-4H3/b9-8+. The fourth-order valence-electron chi connectivity index (χ4n) is 2.45. The number of anilines is 2. The molecule has 7 nitrogen and oxygen atoms in total. The SMILES string of the molecule is CCOC(=O)/C=C/C(=O)OCc1csc(N(C(C)=O)c2ccc(C)cc2C)n1. The smallest absolute Gasteiger partial charge is 0.331 e. The summed E-state index contributed by atoms with van der Waals surface area (Å²) in [5, 5.41) is 2.21. The van der Waals surface area contributed by atoms with Crippen LogP contribution in [0.3, 0.4) is 0 Å². The number of ether oxygens (including phenoxy) is 2. The van der Waals surface area contributed by atoms with Crippen molar-refractivity contribution in [2.24, 2.45) is 0 Å². The highest BCUT2D eigenvalue weighted by atomic mass is 32.1. The van der Waals surface area contributed by atoms with Crippen molar-refractivity contribution in [3.8, 4) is 0 Å². The minimum Gasteiger partial charge on any atom is -0.463 e. The highest BCUT2D eigenvalue weighted by molar-refractivity contribution is 7.14. The van der Waals surface area contributed by atoms with Crippen molar-refractivity contribution >= 4 is 40.0 Å². The van der Waals surface area contributed by atoms with E-state index in [1.165, 1.54) is 23.2 Å². The molecule has 0 saturated heterocycles. The first-order chi connectivity index (χ1) is 13.3. The van der Waals surface area contributed by atoms with Gasteiger partial charge < -0.3 is 9.47 Å². The van der Waals surface area contributed by atoms with Gasteiger partial charge in [-0.25, -0.2) is 14.6 Å². The van der Waals surface area contributed by atoms with Crippen LogP contribution in [-0.2, 0) is 30.5 Å². The van der Waals surface area contributed by atoms with Gasteiger partial charge in [0.1, 0.15) is 6.61 Å². The van der Waals surface area contributed by atoms with Gasteiger partial charge in [0.25, 0.3) is 0 Å². The van der Waals surface area contributed by atoms with Crippen LogP contribution in [0.25, 0.3) is 0 Å². The zero-order chi connectivity index (χ0) is 20.7. The summed E-state index contributed by atoms with van der Waals surface area (Å²) in [6.07, 6.45) is 2.01. The average molecular weight is 402 g/mol. The highest BCUT2D eigenvalue weighted by Crippen LogP contribution is 2.31. The number of rotatable bonds is 7. The van der Waals surface area contributed by atoms with Gasteiger partial charge in [-0.3, -0.25) is 9.69 Å². The molecule has 1 aromatic heterocycles. The zero-order valence-electron chi connectivity index (χ0n) is 16.2. The van der Waals surface area contributed by atoms with E-state index in [0.29, 0.717) is 10.8 Å². The molecule has 0 unspecified atom stereocenters. The molecule has 28 heavy (non-hydrogen) atoms. The van der Waals surface area contributed by atoms with E-state index in [-0.39, 0.29) is 19.1 Å². The topological polar surface area (TPSA) is 85.8 Å². The Morgan fingerprint density at radius 2 is 1.82 bits per heavy atom. The summed E-state index contributed by atoms with van der Waals surface area (Å²) in [4.78, 5) is 41.0. The minimum atomic E-state index is -0.680. The number of carbonyl (C=O) groups is 3. The Morgan fingerprint density at radius 1 is 1.14 bits per heavy atom. The van der Waals surface area contributed by atoms with Gasteiger partial charge in [-0.1, -0.05) is 17.7 Å². The molecule has 0 radical (unpaired) electrons. The van der Waals surface area contributed by atoms with E-state index in [4.69, 9.17) is 4.74 Å². The third-order valence-corrected chi connectivity index (χ3v) is 4.52. The number of aryl methyl sites for hydroxylation is 2. The predicted octanol–water partition coefficient (Wildman–Crippen LogP) is 3.61. The molecule has 2 aromatic rings. The lowest BCUT2D eigenvalue weighted by molar-refractivity contribution is -0.141. The molecule has 0 fully saturated rings. The molecule has 1 amide bonds. The first-order valence-electron chi connectivity index (χ1n) is 8.65. The maximum absolute atomic E-state index is 12.2. The summed E-state index contributed by atoms with van der Waals surface area (Å²) in [6.45, 7) is 7.23. The normalized spacial score (nSPS) is 10.7. The predicted molar refractivity (Wildman–Crippen MR) is 106 cm³/mol. The van der Waals surface area contributed by atoms with Crippen LogP contribution in [0, 0.1) is 13.8 Å². The number of nitrogens with zero attached hydrogens (tertiary/aromatic N) is 2. The van der Waals surface area contributed by atoms with Crippen LogP contribution < -0.4 is 4.90 Å². The fraction of sp³-hybridized carbons (Fsp3) is 0.300. The second-order valence-corrected chi connectivity index (χ2v) is 6.80. The molecule has 2 rings (SSSR count). The van der Waals surface area contributed by atoms with Crippen LogP contribution in [0.1, 0.15) is 30.7 Å². The van der Waals surface area contributed by atoms with Gasteiger partial charge >= 0.3 is 11.9 Å². The van der Waals surface area contributed by atoms with Crippen molar-refractivity contribution in [2.45, 2.75) is 34.3 Å². The quantitative estimate of drug-likeness (QED) is 0.519. The van der Waals surface area contributed by atoms with Crippen molar-refractivity contribution in [3.05, 3.63) is 52.6 Å². The van der Waals surface area contributed by atoms with E-state index < -0.39 is 11.9 Å². The molecule has 0 bridgehead atoms. The number of benzene rings is 1. The molecule has 0 spiro atoms. The van der Waals surface area contributed by atoms with Crippen molar-refractivity contribution < 1.29 is 23.9 Å². The largest absolute Gasteiger partial charge is 0.463 e. The molecule has 0 aliphatic rings. The fourth-order valence-corrected chi connectivity index (χ4v) is 3.31. The second kappa shape index (κ2) is 9.80. The average Bonchev–Trinajstić information content (AvgIpc) is 3.09. The first kappa shape index (κ1) is 21.3. The summed E-state index contributed by atoms with van der Waals surface area (Å²) in [5.74, 6) is -1.46. The molecule has 1 aromatic carbocycles. The van der Waals surface area contributed by atoms with Crippen LogP contribution in [0.15, 0.2) is 35.7 Å². The van der Waals surface area contributed by atoms with Crippen LogP contribution in [0.4, 0.5) is 10.8 Å². The molecule has 0 atom stereocenters. The lowest BCUT2D eigenvalue weighted by atomic mass is 10.1. The number of hydrogen-bond acceptors (Lipinski definition) is 7. The van der Waals surface area contributed by atoms with E-state index in [2.05, 4.69) is 9.72 Å². The monoisotopic (exact) mass is 402 g/mol. The van der Waals surface area contributed by atoms with Crippen LogP contribution in [-0.4, -0.2) is 29.4 Å². The Bertz CT molecular complexity index is 904. The molecule has 8 heteroatoms. The molecular weight excluding hydrogens is 380 g/mol. The molecule has 1 heterocycles. The van der Waals surface area contributed by atoms with E-state index >= 15 is 0 Å². The number of aromatic nitrogens is 1. The summed E-state index contributed by atoms with van der Waals surface area (Å²) < 4.78 is 9.75. The van der Waals surface area contributed by atoms with E-state index in [1.54, 1.807) is 12.3 Å². The molecule has 0 N–H and O–H groups in total. The molecule has 0 aliphatic heterocycles. The summed E-state index contributed by atoms with van der Waals surface area (Å²) in [7, 11) is 0. The van der Waals surface area contributed by atoms with Gasteiger partial charge in [0.2, 0.25) is 5.91 Å². The maximum Gasteiger partial charge on any atom is 0.331 e. The number of esters is 2. The maximum atomic E-state index is 12.2. The van der Waals surface area contributed by atoms with Gasteiger partial charge in [0, 0.05) is 24.5 Å². The van der Waals surface area contributed by atoms with E-state index in [1.807, 2.05) is 32.0 Å². The van der Waals surface area contributed by atoms with Gasteiger partial charge in [-0.05, 0) is 32.4 Å². The summed E-state index contributed by atoms with van der Waals surface area (Å²) in [6, 6.07) is 5.81. The Labute approximate surface area is 167 Å². The molecule has 0 saturated carbocycles. The summed E-state index contributed by atoms with van der Waals surface area (Å²) >= 11 is 1.28. The Balaban J connectivity index is 2.08. The molecule has 0 aliphatic carbocycles. The lowest BCUT2D eigenvalue weighted by Gasteiger charge is -2.20. The van der Waals surface area contributed by atoms with Crippen LogP contribution in [0.5, 0.6) is 0 Å². The Hall–Kier alpha value is -3.00. The first-order valence-corrected chi connectivity index (χ1v) is 9.53. The van der Waals surface area contributed by atoms with Crippen molar-refractivity contribution in [1.29, 1.82) is 0 Å². The zero-order valence-corrected chi connectivity index (χ0v) is 17.0. The second-order valence-electron chi connectivity index (χ2n) is 5.96. The third kappa shape index (κ3) is 5.75. The number of hydrogen-bond donors (Lipinski definition) is 0. The number of carbonyl (C=O) groups excluding carboxylic acids is 3. The molecular formula is C20H22N2O5S. The van der Waals surface area contributed by atoms with Gasteiger partial charge in [0.15, 0.2) is 5.13 Å². The van der Waals surface area contributed by atoms with E-state index in [0.717, 1.165) is 29.0 Å². The van der Waals surface area contributed by atoms with Gasteiger partial charge in [0.05, 0.1) is 18.0 Å². The highest BCUT2D eigenvalue weighted by Gasteiger charge is 2.20. The minimum absolute atomic E-state index is 0.0683. The van der Waals surface area contributed by atoms with E-state index in [9.17, 15) is 14.4 Å². The van der Waals surface area contributed by atoms with Crippen molar-refractivity contribution in [3.63, 3.8) is 0 Å². The van der Waals surface area contributed by atoms with Crippen LogP contribution >= 0.6 is 11.3 Å². The third-order valence-electron chi connectivity index (χ3n) is 3.64. The van der Waals surface area contributed by atoms with Crippen LogP contribution in [0.2, 0.25) is 0 Å². The lowest BCUT2D eigenvalue weighted by Crippen LogP contribution is -2.23. The Kier molecular flexibility index (Phi) is 7.45. The molecule has 148 valence electrons. The number of amides is 1. The number of thiazole rings is 1.